The van der Waals surface area contributed by atoms with E-state index in [1.54, 1.807) is 24.3 Å². The van der Waals surface area contributed by atoms with Gasteiger partial charge in [-0.1, -0.05) is 12.1 Å². The second kappa shape index (κ2) is 6.25. The zero-order valence-corrected chi connectivity index (χ0v) is 9.64. The van der Waals surface area contributed by atoms with Gasteiger partial charge in [-0.05, 0) is 31.8 Å². The van der Waals surface area contributed by atoms with E-state index in [4.69, 9.17) is 9.84 Å². The largest absolute Gasteiger partial charge is 0.461 e. The van der Waals surface area contributed by atoms with E-state index < -0.39 is 0 Å². The Morgan fingerprint density at radius 2 is 1.94 bits per heavy atom. The number of rotatable bonds is 5. The van der Waals surface area contributed by atoms with Gasteiger partial charge in [0.25, 0.3) is 0 Å². The van der Waals surface area contributed by atoms with Gasteiger partial charge in [-0.15, -0.1) is 0 Å². The van der Waals surface area contributed by atoms with Gasteiger partial charge in [0.2, 0.25) is 0 Å². The zero-order chi connectivity index (χ0) is 12.0. The fraction of sp³-hybridized carbons (Fsp3) is 0.417. The Balaban J connectivity index is 2.46. The summed E-state index contributed by atoms with van der Waals surface area (Å²) in [6, 6.07) is 6.73. The van der Waals surface area contributed by atoms with Crippen molar-refractivity contribution in [3.8, 4) is 0 Å². The van der Waals surface area contributed by atoms with Gasteiger partial charge in [0.1, 0.15) is 6.61 Å². The molecule has 4 nitrogen and oxygen atoms in total. The van der Waals surface area contributed by atoms with E-state index in [1.165, 1.54) is 0 Å². The molecule has 0 amide bonds. The van der Waals surface area contributed by atoms with E-state index in [0.29, 0.717) is 18.7 Å². The van der Waals surface area contributed by atoms with Crippen molar-refractivity contribution >= 4 is 5.97 Å². The number of hydrogen-bond donors (Lipinski definition) is 1. The Morgan fingerprint density at radius 1 is 1.31 bits per heavy atom. The Labute approximate surface area is 95.5 Å². The topological polar surface area (TPSA) is 49.8 Å². The highest BCUT2D eigenvalue weighted by Crippen LogP contribution is 2.05. The van der Waals surface area contributed by atoms with E-state index in [2.05, 4.69) is 0 Å². The van der Waals surface area contributed by atoms with Crippen molar-refractivity contribution in [3.05, 3.63) is 35.4 Å². The summed E-state index contributed by atoms with van der Waals surface area (Å²) in [5.74, 6) is -0.327. The number of carbonyl (C=O) groups excluding carboxylic acids is 1. The molecule has 0 heterocycles. The normalized spacial score (nSPS) is 10.5. The minimum absolute atomic E-state index is 0.0179. The second-order valence-electron chi connectivity index (χ2n) is 3.79. The van der Waals surface area contributed by atoms with Crippen LogP contribution in [0.3, 0.4) is 0 Å². The highest BCUT2D eigenvalue weighted by atomic mass is 16.5. The van der Waals surface area contributed by atoms with Crippen LogP contribution < -0.4 is 0 Å². The van der Waals surface area contributed by atoms with E-state index in [-0.39, 0.29) is 12.6 Å². The molecule has 16 heavy (non-hydrogen) atoms. The summed E-state index contributed by atoms with van der Waals surface area (Å²) in [4.78, 5) is 13.5. The molecule has 0 aliphatic heterocycles. The van der Waals surface area contributed by atoms with Crippen molar-refractivity contribution < 1.29 is 14.6 Å². The van der Waals surface area contributed by atoms with Gasteiger partial charge in [0.15, 0.2) is 0 Å². The predicted octanol–water partition coefficient (Wildman–Crippen LogP) is 0.897. The summed E-state index contributed by atoms with van der Waals surface area (Å²) < 4.78 is 5.07. The van der Waals surface area contributed by atoms with Gasteiger partial charge in [-0.3, -0.25) is 0 Å². The Kier molecular flexibility index (Phi) is 4.95. The maximum absolute atomic E-state index is 11.5. The number of benzene rings is 1. The molecule has 4 heteroatoms. The number of likely N-dealkylation sites (N-methyl/N-ethyl adjacent to an activating group) is 1. The third-order valence-corrected chi connectivity index (χ3v) is 2.14. The zero-order valence-electron chi connectivity index (χ0n) is 9.64. The van der Waals surface area contributed by atoms with Crippen LogP contribution in [0.5, 0.6) is 0 Å². The molecule has 0 bridgehead atoms. The number of ether oxygens (including phenoxy) is 1. The number of aliphatic hydroxyl groups is 1. The predicted molar refractivity (Wildman–Crippen MR) is 61.2 cm³/mol. The van der Waals surface area contributed by atoms with Crippen molar-refractivity contribution in [2.45, 2.75) is 6.61 Å². The van der Waals surface area contributed by atoms with E-state index in [9.17, 15) is 4.79 Å². The summed E-state index contributed by atoms with van der Waals surface area (Å²) in [5.41, 5.74) is 1.29. The molecule has 0 saturated carbocycles. The lowest BCUT2D eigenvalue weighted by Crippen LogP contribution is -2.20. The average molecular weight is 223 g/mol. The summed E-state index contributed by atoms with van der Waals surface area (Å²) in [5, 5.41) is 8.85. The van der Waals surface area contributed by atoms with Gasteiger partial charge in [0.05, 0.1) is 12.2 Å². The highest BCUT2D eigenvalue weighted by Gasteiger charge is 2.06. The smallest absolute Gasteiger partial charge is 0.338 e. The third kappa shape index (κ3) is 4.00. The number of nitrogens with zero attached hydrogens (tertiary/aromatic N) is 1. The van der Waals surface area contributed by atoms with E-state index >= 15 is 0 Å². The Morgan fingerprint density at radius 3 is 2.44 bits per heavy atom. The first-order valence-corrected chi connectivity index (χ1v) is 5.15. The van der Waals surface area contributed by atoms with Gasteiger partial charge < -0.3 is 14.7 Å². The van der Waals surface area contributed by atoms with Crippen molar-refractivity contribution in [1.29, 1.82) is 0 Å². The number of hydrogen-bond acceptors (Lipinski definition) is 4. The molecule has 1 rings (SSSR count). The van der Waals surface area contributed by atoms with Crippen LogP contribution in [0.1, 0.15) is 15.9 Å². The van der Waals surface area contributed by atoms with E-state index in [0.717, 1.165) is 5.56 Å². The highest BCUT2D eigenvalue weighted by molar-refractivity contribution is 5.89. The van der Waals surface area contributed by atoms with E-state index in [1.807, 2.05) is 19.0 Å². The summed E-state index contributed by atoms with van der Waals surface area (Å²) >= 11 is 0. The minimum atomic E-state index is -0.327. The second-order valence-corrected chi connectivity index (χ2v) is 3.79. The first-order valence-electron chi connectivity index (χ1n) is 5.15. The molecule has 0 radical (unpaired) electrons. The minimum Gasteiger partial charge on any atom is -0.461 e. The number of carbonyl (C=O) groups is 1. The van der Waals surface area contributed by atoms with Crippen LogP contribution in [0.2, 0.25) is 0 Å². The molecule has 0 atom stereocenters. The fourth-order valence-corrected chi connectivity index (χ4v) is 1.15. The van der Waals surface area contributed by atoms with Crippen LogP contribution in [0.25, 0.3) is 0 Å². The standard InChI is InChI=1S/C12H17NO3/c1-13(2)7-8-16-12(15)11-5-3-10(9-14)4-6-11/h3-6,14H,7-9H2,1-2H3. The molecule has 1 N–H and O–H groups in total. The van der Waals surface area contributed by atoms with Crippen LogP contribution in [0.4, 0.5) is 0 Å². The molecule has 0 saturated heterocycles. The average Bonchev–Trinajstić information content (AvgIpc) is 2.28. The molecule has 0 spiro atoms. The van der Waals surface area contributed by atoms with Crippen LogP contribution in [-0.4, -0.2) is 43.2 Å². The molecule has 0 aromatic heterocycles. The van der Waals surface area contributed by atoms with Gasteiger partial charge in [-0.25, -0.2) is 4.79 Å². The SMILES string of the molecule is CN(C)CCOC(=O)c1ccc(CO)cc1. The molecule has 88 valence electrons. The lowest BCUT2D eigenvalue weighted by atomic mass is 10.1. The summed E-state index contributed by atoms with van der Waals surface area (Å²) in [7, 11) is 3.84. The van der Waals surface area contributed by atoms with Gasteiger partial charge in [0, 0.05) is 6.54 Å². The first-order chi connectivity index (χ1) is 7.63. The Hall–Kier alpha value is -1.39. The molecular formula is C12H17NO3. The fourth-order valence-electron chi connectivity index (χ4n) is 1.15. The van der Waals surface area contributed by atoms with Crippen LogP contribution >= 0.6 is 0 Å². The number of aliphatic hydroxyl groups excluding tert-OH is 1. The monoisotopic (exact) mass is 223 g/mol. The lowest BCUT2D eigenvalue weighted by Gasteiger charge is -2.09. The lowest BCUT2D eigenvalue weighted by molar-refractivity contribution is 0.0482. The van der Waals surface area contributed by atoms with Crippen LogP contribution in [0, 0.1) is 0 Å². The maximum Gasteiger partial charge on any atom is 0.338 e. The molecule has 1 aromatic rings. The molecular weight excluding hydrogens is 206 g/mol. The third-order valence-electron chi connectivity index (χ3n) is 2.14. The first kappa shape index (κ1) is 12.7. The molecule has 0 unspecified atom stereocenters. The molecule has 1 aromatic carbocycles. The maximum atomic E-state index is 11.5. The molecule has 0 fully saturated rings. The summed E-state index contributed by atoms with van der Waals surface area (Å²) in [6.45, 7) is 1.07. The van der Waals surface area contributed by atoms with Gasteiger partial charge in [-0.2, -0.15) is 0 Å². The molecule has 0 aliphatic carbocycles. The van der Waals surface area contributed by atoms with Crippen LogP contribution in [-0.2, 0) is 11.3 Å². The van der Waals surface area contributed by atoms with Crippen LogP contribution in [0.15, 0.2) is 24.3 Å². The number of esters is 1. The van der Waals surface area contributed by atoms with Gasteiger partial charge >= 0.3 is 5.97 Å². The van der Waals surface area contributed by atoms with Crippen molar-refractivity contribution in [3.63, 3.8) is 0 Å². The quantitative estimate of drug-likeness (QED) is 0.753. The molecule has 0 aliphatic rings. The van der Waals surface area contributed by atoms with Crippen molar-refractivity contribution in [1.82, 2.24) is 4.90 Å². The van der Waals surface area contributed by atoms with Crippen molar-refractivity contribution in [2.24, 2.45) is 0 Å². The Bertz CT molecular complexity index is 333. The summed E-state index contributed by atoms with van der Waals surface area (Å²) in [6.07, 6.45) is 0. The van der Waals surface area contributed by atoms with Crippen molar-refractivity contribution in [2.75, 3.05) is 27.2 Å².